The number of hydrogen-bond donors (Lipinski definition) is 0. The quantitative estimate of drug-likeness (QED) is 0.123. The van der Waals surface area contributed by atoms with Gasteiger partial charge in [0.05, 0.1) is 0 Å². The Kier molecular flexibility index (Phi) is 9.82. The third-order valence-electron chi connectivity index (χ3n) is 8.47. The summed E-state index contributed by atoms with van der Waals surface area (Å²) < 4.78 is 51.7. The molecule has 7 rings (SSSR count). The van der Waals surface area contributed by atoms with E-state index in [0.717, 1.165) is 53.7 Å². The number of thiophene rings is 1. The van der Waals surface area contributed by atoms with Crippen LogP contribution in [0.2, 0.25) is 17.3 Å². The Morgan fingerprint density at radius 2 is 1.53 bits per heavy atom. The summed E-state index contributed by atoms with van der Waals surface area (Å²) in [6.45, 7) is 7.37. The molecule has 0 N–H and O–H groups in total. The first-order chi connectivity index (χ1) is 26.0. The molecule has 0 aliphatic rings. The Labute approximate surface area is 333 Å². The Bertz CT molecular complexity index is 2420. The zero-order valence-corrected chi connectivity index (χ0v) is 35.8. The maximum Gasteiger partial charge on any atom is 0.0321 e. The Morgan fingerprint density at radius 1 is 0.784 bits per heavy atom. The van der Waals surface area contributed by atoms with Gasteiger partial charge < -0.3 is 4.98 Å². The van der Waals surface area contributed by atoms with E-state index in [9.17, 15) is 0 Å². The summed E-state index contributed by atoms with van der Waals surface area (Å²) >= 11 is -0.0903. The Hall–Kier alpha value is -3.41. The fourth-order valence-electron chi connectivity index (χ4n) is 5.69. The summed E-state index contributed by atoms with van der Waals surface area (Å²) in [5.41, 5.74) is 6.86. The summed E-state index contributed by atoms with van der Waals surface area (Å²) in [7, 11) is 0. The number of benzene rings is 4. The molecular formula is C46H48GeIrN2S-2. The van der Waals surface area contributed by atoms with E-state index in [1.807, 2.05) is 83.3 Å². The fraction of sp³-hybridized carbons (Fsp3) is 0.261. The van der Waals surface area contributed by atoms with Crippen LogP contribution >= 0.6 is 11.3 Å². The second kappa shape index (κ2) is 16.1. The second-order valence-corrected chi connectivity index (χ2v) is 26.7. The van der Waals surface area contributed by atoms with E-state index in [1.54, 1.807) is 35.7 Å². The average Bonchev–Trinajstić information content (AvgIpc) is 3.51. The van der Waals surface area contributed by atoms with Crippen LogP contribution in [0.5, 0.6) is 0 Å². The minimum absolute atomic E-state index is 0. The molecule has 263 valence electrons. The molecule has 4 aromatic carbocycles. The van der Waals surface area contributed by atoms with Crippen molar-refractivity contribution in [3.63, 3.8) is 0 Å². The molecule has 0 saturated heterocycles. The third kappa shape index (κ3) is 9.73. The minimum atomic E-state index is -2.11. The number of aryl methyl sites for hydroxylation is 1. The van der Waals surface area contributed by atoms with E-state index in [0.29, 0.717) is 16.8 Å². The van der Waals surface area contributed by atoms with Crippen molar-refractivity contribution < 1.29 is 28.3 Å². The molecule has 1 radical (unpaired) electrons. The van der Waals surface area contributed by atoms with E-state index in [2.05, 4.69) is 75.8 Å². The van der Waals surface area contributed by atoms with Crippen molar-refractivity contribution in [1.82, 2.24) is 9.97 Å². The topological polar surface area (TPSA) is 25.8 Å². The van der Waals surface area contributed by atoms with E-state index in [-0.39, 0.29) is 20.1 Å². The predicted octanol–water partition coefficient (Wildman–Crippen LogP) is 12.7. The van der Waals surface area contributed by atoms with Crippen molar-refractivity contribution in [3.05, 3.63) is 138 Å². The van der Waals surface area contributed by atoms with Gasteiger partial charge in [0, 0.05) is 37.9 Å². The van der Waals surface area contributed by atoms with Gasteiger partial charge in [0.2, 0.25) is 0 Å². The Balaban J connectivity index is 0.000000251. The number of fused-ring (bicyclic) bond motifs is 3. The molecule has 3 heterocycles. The summed E-state index contributed by atoms with van der Waals surface area (Å²) in [6.07, 6.45) is 2.19. The van der Waals surface area contributed by atoms with Gasteiger partial charge in [-0.05, 0) is 57.7 Å². The summed E-state index contributed by atoms with van der Waals surface area (Å²) in [6, 6.07) is 37.8. The maximum atomic E-state index is 8.63. The average molecular weight is 932 g/mol. The molecule has 0 fully saturated rings. The number of nitrogens with zero attached hydrogens (tertiary/aromatic N) is 2. The normalized spacial score (nSPS) is 14.2. The smallest absolute Gasteiger partial charge is 0.0321 e. The van der Waals surface area contributed by atoms with Gasteiger partial charge in [0.25, 0.3) is 0 Å². The summed E-state index contributed by atoms with van der Waals surface area (Å²) in [5, 5.41) is 2.24. The molecule has 5 heteroatoms. The SMILES string of the molecule is [2H]C(C)(C)c1c[c-]c(-c2cc[c]([Ge]([CH3])([CH3])[CH3])cn2)cc1.[2H]C([2H])([2H])c1ccc(-c2ccc3c(c2)sc2c[c-]c(-c4cc(C([2H])([2H])C(C)(C)C)ccn4)cc23)cc1.[Ir]. The summed E-state index contributed by atoms with van der Waals surface area (Å²) in [4.78, 5) is 9.10. The molecule has 0 aliphatic heterocycles. The van der Waals surface area contributed by atoms with Crippen molar-refractivity contribution in [1.29, 1.82) is 0 Å². The molecular weight excluding hydrogens is 877 g/mol. The zero-order chi connectivity index (χ0) is 40.8. The maximum absolute atomic E-state index is 8.63. The van der Waals surface area contributed by atoms with Crippen molar-refractivity contribution in [2.24, 2.45) is 5.41 Å². The number of pyridine rings is 2. The predicted molar refractivity (Wildman–Crippen MR) is 220 cm³/mol. The van der Waals surface area contributed by atoms with Crippen LogP contribution in [-0.4, -0.2) is 23.2 Å². The van der Waals surface area contributed by atoms with Gasteiger partial charge in [-0.2, -0.15) is 11.3 Å². The molecule has 0 atom stereocenters. The second-order valence-electron chi connectivity index (χ2n) is 15.0. The van der Waals surface area contributed by atoms with Crippen LogP contribution in [0.3, 0.4) is 0 Å². The van der Waals surface area contributed by atoms with Gasteiger partial charge in [-0.1, -0.05) is 79.7 Å². The molecule has 3 aromatic heterocycles. The van der Waals surface area contributed by atoms with Gasteiger partial charge in [-0.15, -0.1) is 23.8 Å². The first-order valence-corrected chi connectivity index (χ1v) is 25.1. The third-order valence-corrected chi connectivity index (χ3v) is 13.8. The van der Waals surface area contributed by atoms with Gasteiger partial charge in [-0.3, -0.25) is 0 Å². The van der Waals surface area contributed by atoms with Crippen molar-refractivity contribution in [2.45, 2.75) is 71.0 Å². The number of hydrogen-bond acceptors (Lipinski definition) is 3. The monoisotopic (exact) mass is 933 g/mol. The van der Waals surface area contributed by atoms with Crippen LogP contribution in [0.25, 0.3) is 53.8 Å². The summed E-state index contributed by atoms with van der Waals surface area (Å²) in [5.74, 6) is 6.53. The van der Waals surface area contributed by atoms with Crippen LogP contribution < -0.4 is 4.40 Å². The molecule has 0 unspecified atom stereocenters. The fourth-order valence-corrected chi connectivity index (χ4v) is 8.97. The van der Waals surface area contributed by atoms with Crippen LogP contribution in [0, 0.1) is 24.4 Å². The van der Waals surface area contributed by atoms with E-state index < -0.39 is 37.8 Å². The van der Waals surface area contributed by atoms with Crippen LogP contribution in [0.1, 0.15) is 65.4 Å². The minimum Gasteiger partial charge on any atom is -0.305 e. The van der Waals surface area contributed by atoms with E-state index in [4.69, 9.17) is 8.22 Å². The van der Waals surface area contributed by atoms with Crippen molar-refractivity contribution >= 4 is 49.2 Å². The molecule has 0 aliphatic carbocycles. The molecule has 0 spiro atoms. The molecule has 0 bridgehead atoms. The van der Waals surface area contributed by atoms with Gasteiger partial charge >= 0.3 is 120 Å². The van der Waals surface area contributed by atoms with Crippen LogP contribution in [0.4, 0.5) is 0 Å². The first kappa shape index (κ1) is 31.1. The molecule has 7 aromatic rings. The Morgan fingerprint density at radius 3 is 2.16 bits per heavy atom. The molecule has 51 heavy (non-hydrogen) atoms. The van der Waals surface area contributed by atoms with E-state index >= 15 is 0 Å². The van der Waals surface area contributed by atoms with Crippen molar-refractivity contribution in [3.8, 4) is 33.6 Å². The number of aromatic nitrogens is 2. The largest absolute Gasteiger partial charge is 0.305 e. The molecule has 0 saturated carbocycles. The van der Waals surface area contributed by atoms with Crippen LogP contribution in [-0.2, 0) is 26.5 Å². The van der Waals surface area contributed by atoms with Crippen molar-refractivity contribution in [2.75, 3.05) is 0 Å². The molecule has 2 nitrogen and oxygen atoms in total. The number of rotatable bonds is 6. The van der Waals surface area contributed by atoms with Gasteiger partial charge in [0.15, 0.2) is 0 Å². The molecule has 0 amide bonds. The standard InChI is InChI=1S/C29H26NS.C17H22GeN.Ir/c1-19-5-7-21(8-6-19)22-9-11-24-25-16-23(10-12-27(25)31-28(24)17-22)26-15-20(13-14-30-26)18-29(2,3)4;1-13(2)14-6-8-15(9-7-14)17-11-10-16(12-19-17)18(3,4)5;/h5-9,11-17H,18H2,1-4H3;6-8,10-13H,1-5H3;/q2*-1;/i1D3,18D2;13D;. The van der Waals surface area contributed by atoms with E-state index in [1.165, 1.54) is 4.40 Å². The zero-order valence-electron chi connectivity index (χ0n) is 36.5. The van der Waals surface area contributed by atoms with Crippen LogP contribution in [0.15, 0.2) is 109 Å². The van der Waals surface area contributed by atoms with Gasteiger partial charge in [0.1, 0.15) is 0 Å². The van der Waals surface area contributed by atoms with Gasteiger partial charge in [-0.25, -0.2) is 0 Å². The first-order valence-electron chi connectivity index (χ1n) is 20.0.